The Morgan fingerprint density at radius 2 is 1.79 bits per heavy atom. The molecule has 0 saturated heterocycles. The number of carbonyl (C=O) groups excluding carboxylic acids is 1. The van der Waals surface area contributed by atoms with Crippen molar-refractivity contribution in [3.8, 4) is 22.6 Å². The average molecular weight is 519 g/mol. The van der Waals surface area contributed by atoms with Gasteiger partial charge >= 0.3 is 5.97 Å². The van der Waals surface area contributed by atoms with E-state index in [9.17, 15) is 9.18 Å². The highest BCUT2D eigenvalue weighted by molar-refractivity contribution is 5.71. The Hall–Kier alpha value is -3.34. The van der Waals surface area contributed by atoms with E-state index in [0.29, 0.717) is 24.3 Å². The fourth-order valence-corrected chi connectivity index (χ4v) is 5.68. The van der Waals surface area contributed by atoms with Crippen LogP contribution in [0, 0.1) is 11.2 Å². The van der Waals surface area contributed by atoms with Crippen molar-refractivity contribution in [2.24, 2.45) is 5.41 Å². The SMILES string of the molecule is CCCC(C)(C)Cc1cc(COc2ccc3c(c2)C(CC(=O)OC)CC3)ccc1-c1cc(OC)ccc1F. The smallest absolute Gasteiger partial charge is 0.306 e. The highest BCUT2D eigenvalue weighted by Gasteiger charge is 2.26. The Labute approximate surface area is 226 Å². The van der Waals surface area contributed by atoms with Crippen molar-refractivity contribution in [3.63, 3.8) is 0 Å². The molecule has 0 fully saturated rings. The number of methoxy groups -OCH3 is 2. The Morgan fingerprint density at radius 1 is 1.00 bits per heavy atom. The average Bonchev–Trinajstić information content (AvgIpc) is 3.29. The molecule has 4 nitrogen and oxygen atoms in total. The lowest BCUT2D eigenvalue weighted by molar-refractivity contribution is -0.141. The summed E-state index contributed by atoms with van der Waals surface area (Å²) < 4.78 is 31.4. The van der Waals surface area contributed by atoms with Crippen molar-refractivity contribution in [2.75, 3.05) is 14.2 Å². The molecule has 0 aliphatic heterocycles. The number of halogens is 1. The van der Waals surface area contributed by atoms with Crippen LogP contribution in [0.5, 0.6) is 11.5 Å². The molecule has 0 spiro atoms. The molecule has 1 aliphatic rings. The third kappa shape index (κ3) is 6.56. The van der Waals surface area contributed by atoms with Gasteiger partial charge in [0.2, 0.25) is 0 Å². The van der Waals surface area contributed by atoms with Crippen LogP contribution in [0.2, 0.25) is 0 Å². The molecular formula is C33H39FO4. The zero-order chi connectivity index (χ0) is 27.3. The van der Waals surface area contributed by atoms with Crippen LogP contribution in [0.4, 0.5) is 4.39 Å². The summed E-state index contributed by atoms with van der Waals surface area (Å²) in [4.78, 5) is 11.8. The second-order valence-electron chi connectivity index (χ2n) is 11.1. The minimum Gasteiger partial charge on any atom is -0.497 e. The molecule has 0 N–H and O–H groups in total. The first-order valence-corrected chi connectivity index (χ1v) is 13.5. The maximum atomic E-state index is 15.0. The molecule has 0 amide bonds. The van der Waals surface area contributed by atoms with Gasteiger partial charge in [-0.3, -0.25) is 4.79 Å². The van der Waals surface area contributed by atoms with Crippen LogP contribution >= 0.6 is 0 Å². The lowest BCUT2D eigenvalue weighted by Gasteiger charge is -2.26. The summed E-state index contributed by atoms with van der Waals surface area (Å²) >= 11 is 0. The second kappa shape index (κ2) is 12.0. The number of carbonyl (C=O) groups is 1. The van der Waals surface area contributed by atoms with Crippen LogP contribution in [0.15, 0.2) is 54.6 Å². The number of aryl methyl sites for hydroxylation is 1. The third-order valence-electron chi connectivity index (χ3n) is 7.59. The first kappa shape index (κ1) is 27.7. The zero-order valence-corrected chi connectivity index (χ0v) is 23.2. The van der Waals surface area contributed by atoms with Gasteiger partial charge in [-0.15, -0.1) is 0 Å². The minimum atomic E-state index is -0.260. The highest BCUT2D eigenvalue weighted by Crippen LogP contribution is 2.39. The van der Waals surface area contributed by atoms with E-state index in [-0.39, 0.29) is 23.1 Å². The van der Waals surface area contributed by atoms with Gasteiger partial charge in [-0.1, -0.05) is 51.5 Å². The number of hydrogen-bond donors (Lipinski definition) is 0. The number of ether oxygens (including phenoxy) is 3. The van der Waals surface area contributed by atoms with E-state index in [2.05, 4.69) is 39.0 Å². The van der Waals surface area contributed by atoms with Crippen LogP contribution in [0.3, 0.4) is 0 Å². The Kier molecular flexibility index (Phi) is 8.76. The summed E-state index contributed by atoms with van der Waals surface area (Å²) in [6.45, 7) is 7.13. The van der Waals surface area contributed by atoms with Crippen LogP contribution < -0.4 is 9.47 Å². The number of rotatable bonds is 11. The predicted molar refractivity (Wildman–Crippen MR) is 149 cm³/mol. The second-order valence-corrected chi connectivity index (χ2v) is 11.1. The van der Waals surface area contributed by atoms with Gasteiger partial charge in [0.1, 0.15) is 23.9 Å². The molecule has 0 bridgehead atoms. The van der Waals surface area contributed by atoms with Gasteiger partial charge in [-0.05, 0) is 95.2 Å². The van der Waals surface area contributed by atoms with Gasteiger partial charge < -0.3 is 14.2 Å². The van der Waals surface area contributed by atoms with Crippen LogP contribution in [0.1, 0.15) is 74.6 Å². The predicted octanol–water partition coefficient (Wildman–Crippen LogP) is 8.04. The van der Waals surface area contributed by atoms with E-state index >= 15 is 0 Å². The van der Waals surface area contributed by atoms with Crippen molar-refractivity contribution in [3.05, 3.63) is 82.7 Å². The number of esters is 1. The number of hydrogen-bond acceptors (Lipinski definition) is 4. The summed E-state index contributed by atoms with van der Waals surface area (Å²) in [6, 6.07) is 17.2. The fraction of sp³-hybridized carbons (Fsp3) is 0.424. The Balaban J connectivity index is 1.59. The van der Waals surface area contributed by atoms with Crippen molar-refractivity contribution < 1.29 is 23.4 Å². The van der Waals surface area contributed by atoms with Gasteiger partial charge in [-0.2, -0.15) is 0 Å². The summed E-state index contributed by atoms with van der Waals surface area (Å²) in [5.41, 5.74) is 6.10. The van der Waals surface area contributed by atoms with Crippen molar-refractivity contribution >= 4 is 5.97 Å². The Morgan fingerprint density at radius 3 is 2.53 bits per heavy atom. The topological polar surface area (TPSA) is 44.8 Å². The third-order valence-corrected chi connectivity index (χ3v) is 7.59. The Bertz CT molecular complexity index is 1280. The molecule has 4 rings (SSSR count). The quantitative estimate of drug-likeness (QED) is 0.241. The highest BCUT2D eigenvalue weighted by atomic mass is 19.1. The summed E-state index contributed by atoms with van der Waals surface area (Å²) in [6.07, 6.45) is 5.31. The molecule has 3 aromatic carbocycles. The largest absolute Gasteiger partial charge is 0.497 e. The van der Waals surface area contributed by atoms with E-state index in [1.165, 1.54) is 24.3 Å². The molecular weight excluding hydrogens is 479 g/mol. The van der Waals surface area contributed by atoms with Gasteiger partial charge in [0, 0.05) is 5.56 Å². The molecule has 3 aromatic rings. The summed E-state index contributed by atoms with van der Waals surface area (Å²) in [7, 11) is 3.03. The minimum absolute atomic E-state index is 0.0763. The van der Waals surface area contributed by atoms with Crippen LogP contribution in [-0.2, 0) is 29.0 Å². The van der Waals surface area contributed by atoms with Crippen molar-refractivity contribution in [1.29, 1.82) is 0 Å². The molecule has 1 aliphatic carbocycles. The van der Waals surface area contributed by atoms with Crippen LogP contribution in [-0.4, -0.2) is 20.2 Å². The summed E-state index contributed by atoms with van der Waals surface area (Å²) in [5.74, 6) is 1.15. The molecule has 0 saturated carbocycles. The van der Waals surface area contributed by atoms with E-state index in [4.69, 9.17) is 14.2 Å². The molecule has 5 heteroatoms. The van der Waals surface area contributed by atoms with E-state index in [1.807, 2.05) is 18.2 Å². The fourth-order valence-electron chi connectivity index (χ4n) is 5.68. The molecule has 202 valence electrons. The van der Waals surface area contributed by atoms with E-state index in [1.54, 1.807) is 19.2 Å². The molecule has 1 atom stereocenters. The molecule has 38 heavy (non-hydrogen) atoms. The van der Waals surface area contributed by atoms with Crippen molar-refractivity contribution in [1.82, 2.24) is 0 Å². The standard InChI is InChI=1S/C33H39FO4/c1-6-15-33(2,3)20-25-16-22(7-13-28(25)30-18-26(36-4)12-14-31(30)34)21-38-27-11-10-23-8-9-24(29(23)19-27)17-32(35)37-5/h7,10-14,16,18-19,24H,6,8-9,15,17,20-21H2,1-5H3. The molecule has 0 heterocycles. The van der Waals surface area contributed by atoms with Gasteiger partial charge in [-0.25, -0.2) is 4.39 Å². The number of fused-ring (bicyclic) bond motifs is 1. The first-order chi connectivity index (χ1) is 18.2. The zero-order valence-electron chi connectivity index (χ0n) is 23.2. The monoisotopic (exact) mass is 518 g/mol. The van der Waals surface area contributed by atoms with Gasteiger partial charge in [0.05, 0.1) is 20.6 Å². The maximum Gasteiger partial charge on any atom is 0.306 e. The lowest BCUT2D eigenvalue weighted by Crippen LogP contribution is -2.15. The first-order valence-electron chi connectivity index (χ1n) is 13.5. The van der Waals surface area contributed by atoms with Gasteiger partial charge in [0.15, 0.2) is 0 Å². The summed E-state index contributed by atoms with van der Waals surface area (Å²) in [5, 5.41) is 0. The number of benzene rings is 3. The lowest BCUT2D eigenvalue weighted by atomic mass is 9.79. The van der Waals surface area contributed by atoms with Gasteiger partial charge in [0.25, 0.3) is 0 Å². The van der Waals surface area contributed by atoms with Crippen LogP contribution in [0.25, 0.3) is 11.1 Å². The normalized spacial score (nSPS) is 14.7. The molecule has 0 aromatic heterocycles. The maximum absolute atomic E-state index is 15.0. The molecule has 1 unspecified atom stereocenters. The van der Waals surface area contributed by atoms with E-state index < -0.39 is 0 Å². The molecule has 0 radical (unpaired) electrons. The van der Waals surface area contributed by atoms with Crippen molar-refractivity contribution in [2.45, 2.75) is 71.8 Å². The van der Waals surface area contributed by atoms with E-state index in [0.717, 1.165) is 54.5 Å².